The lowest BCUT2D eigenvalue weighted by atomic mass is 9.72. The molecule has 0 bridgehead atoms. The lowest BCUT2D eigenvalue weighted by Crippen LogP contribution is -2.39. The van der Waals surface area contributed by atoms with E-state index in [4.69, 9.17) is 4.99 Å². The lowest BCUT2D eigenvalue weighted by Gasteiger charge is -2.38. The van der Waals surface area contributed by atoms with Crippen molar-refractivity contribution >= 4 is 27.8 Å². The number of hydrogen-bond acceptors (Lipinski definition) is 5. The average Bonchev–Trinajstić information content (AvgIpc) is 3.02. The first kappa shape index (κ1) is 34.8. The Morgan fingerprint density at radius 2 is 0.889 bits per heavy atom. The zero-order chi connectivity index (χ0) is 32.5. The number of aliphatic imine (C=N–C) groups is 1. The highest BCUT2D eigenvalue weighted by atomic mass is 15.1. The van der Waals surface area contributed by atoms with E-state index in [2.05, 4.69) is 167 Å². The SMILES string of the molecule is CN(C)CCC(C=NCC(CCN(C)C)(CCN(C)C)c1cccc2ccccc12)(CCN(C)C)c1cccc2ccccc12. The van der Waals surface area contributed by atoms with Gasteiger partial charge in [0.1, 0.15) is 0 Å². The van der Waals surface area contributed by atoms with Crippen molar-refractivity contribution in [3.05, 3.63) is 96.1 Å². The van der Waals surface area contributed by atoms with Crippen molar-refractivity contribution in [3.8, 4) is 0 Å². The molecule has 0 radical (unpaired) electrons. The average molecular weight is 608 g/mol. The van der Waals surface area contributed by atoms with Crippen molar-refractivity contribution < 1.29 is 0 Å². The molecule has 0 N–H and O–H groups in total. The zero-order valence-electron chi connectivity index (χ0n) is 29.3. The standard InChI is InChI=1S/C40H57N5/c1-42(2)27-23-39(24-28-43(3)4,37-21-13-17-33-15-9-11-19-35(33)37)31-41-32-40(25-29-44(5)6,26-30-45(7)8)38-22-14-18-34-16-10-12-20-36(34)38/h9-22,31H,23-30,32H2,1-8H3. The lowest BCUT2D eigenvalue weighted by molar-refractivity contribution is 0.271. The molecule has 0 heterocycles. The number of benzene rings is 4. The quantitative estimate of drug-likeness (QED) is 0.120. The molecule has 0 saturated carbocycles. The van der Waals surface area contributed by atoms with E-state index in [-0.39, 0.29) is 10.8 Å². The predicted molar refractivity (Wildman–Crippen MR) is 197 cm³/mol. The molecule has 5 nitrogen and oxygen atoms in total. The Hall–Kier alpha value is -3.09. The summed E-state index contributed by atoms with van der Waals surface area (Å²) in [5.74, 6) is 0. The highest BCUT2D eigenvalue weighted by Crippen LogP contribution is 2.39. The van der Waals surface area contributed by atoms with Crippen LogP contribution >= 0.6 is 0 Å². The molecule has 242 valence electrons. The van der Waals surface area contributed by atoms with Crippen molar-refractivity contribution in [3.63, 3.8) is 0 Å². The highest BCUT2D eigenvalue weighted by molar-refractivity contribution is 5.91. The maximum Gasteiger partial charge on any atom is 0.0483 e. The third-order valence-electron chi connectivity index (χ3n) is 9.50. The smallest absolute Gasteiger partial charge is 0.0483 e. The maximum absolute atomic E-state index is 5.60. The number of nitrogens with zero attached hydrogens (tertiary/aromatic N) is 5. The monoisotopic (exact) mass is 607 g/mol. The molecule has 4 aromatic rings. The summed E-state index contributed by atoms with van der Waals surface area (Å²) >= 11 is 0. The van der Waals surface area contributed by atoms with Crippen LogP contribution in [0.4, 0.5) is 0 Å². The van der Waals surface area contributed by atoms with Gasteiger partial charge in [0.25, 0.3) is 0 Å². The minimum absolute atomic E-state index is 0.0977. The van der Waals surface area contributed by atoms with Crippen molar-refractivity contribution in [2.45, 2.75) is 36.5 Å². The van der Waals surface area contributed by atoms with Crippen LogP contribution in [0.5, 0.6) is 0 Å². The minimum Gasteiger partial charge on any atom is -0.309 e. The molecule has 45 heavy (non-hydrogen) atoms. The molecule has 4 aromatic carbocycles. The zero-order valence-corrected chi connectivity index (χ0v) is 29.3. The Balaban J connectivity index is 1.89. The molecule has 0 saturated heterocycles. The highest BCUT2D eigenvalue weighted by Gasteiger charge is 2.36. The Labute approximate surface area is 273 Å². The van der Waals surface area contributed by atoms with Gasteiger partial charge >= 0.3 is 0 Å². The topological polar surface area (TPSA) is 25.3 Å². The van der Waals surface area contributed by atoms with Crippen LogP contribution in [0.1, 0.15) is 36.8 Å². The molecule has 0 aliphatic carbocycles. The Kier molecular flexibility index (Phi) is 12.3. The van der Waals surface area contributed by atoms with E-state index in [1.54, 1.807) is 0 Å². The second-order valence-corrected chi connectivity index (χ2v) is 14.2. The van der Waals surface area contributed by atoms with Crippen molar-refractivity contribution in [1.82, 2.24) is 19.6 Å². The molecular weight excluding hydrogens is 550 g/mol. The molecule has 0 unspecified atom stereocenters. The number of hydrogen-bond donors (Lipinski definition) is 0. The molecule has 0 aliphatic heterocycles. The maximum atomic E-state index is 5.60. The molecule has 5 heteroatoms. The summed E-state index contributed by atoms with van der Waals surface area (Å²) in [6.07, 6.45) is 6.52. The molecular formula is C40H57N5. The summed E-state index contributed by atoms with van der Waals surface area (Å²) in [6, 6.07) is 31.5. The summed E-state index contributed by atoms with van der Waals surface area (Å²) in [7, 11) is 17.5. The Bertz CT molecular complexity index is 1490. The molecule has 0 atom stereocenters. The van der Waals surface area contributed by atoms with Crippen molar-refractivity contribution in [2.24, 2.45) is 4.99 Å². The fourth-order valence-corrected chi connectivity index (χ4v) is 6.69. The van der Waals surface area contributed by atoms with E-state index in [0.29, 0.717) is 0 Å². The predicted octanol–water partition coefficient (Wildman–Crippen LogP) is 7.05. The van der Waals surface area contributed by atoms with E-state index in [0.717, 1.165) is 58.4 Å². The normalized spacial score (nSPS) is 13.1. The van der Waals surface area contributed by atoms with Crippen LogP contribution in [0.3, 0.4) is 0 Å². The fourth-order valence-electron chi connectivity index (χ4n) is 6.69. The first-order valence-electron chi connectivity index (χ1n) is 16.6. The molecule has 0 fully saturated rings. The summed E-state index contributed by atoms with van der Waals surface area (Å²) in [5, 5.41) is 5.29. The Morgan fingerprint density at radius 3 is 1.38 bits per heavy atom. The van der Waals surface area contributed by atoms with E-state index in [9.17, 15) is 0 Å². The van der Waals surface area contributed by atoms with Crippen LogP contribution in [-0.4, -0.2) is 115 Å². The van der Waals surface area contributed by atoms with Gasteiger partial charge in [0.15, 0.2) is 0 Å². The van der Waals surface area contributed by atoms with E-state index < -0.39 is 0 Å². The Morgan fingerprint density at radius 1 is 0.489 bits per heavy atom. The second-order valence-electron chi connectivity index (χ2n) is 14.2. The summed E-state index contributed by atoms with van der Waals surface area (Å²) < 4.78 is 0. The number of rotatable bonds is 17. The van der Waals surface area contributed by atoms with Gasteiger partial charge in [-0.1, -0.05) is 84.9 Å². The number of fused-ring (bicyclic) bond motifs is 2. The third-order valence-corrected chi connectivity index (χ3v) is 9.50. The molecule has 0 aliphatic rings. The van der Waals surface area contributed by atoms with Crippen LogP contribution in [0.2, 0.25) is 0 Å². The second kappa shape index (κ2) is 16.0. The van der Waals surface area contributed by atoms with Gasteiger partial charge in [-0.25, -0.2) is 0 Å². The van der Waals surface area contributed by atoms with Crippen molar-refractivity contribution in [2.75, 3.05) is 89.1 Å². The van der Waals surface area contributed by atoms with Gasteiger partial charge in [0.2, 0.25) is 0 Å². The van der Waals surface area contributed by atoms with E-state index in [1.165, 1.54) is 32.7 Å². The first-order valence-corrected chi connectivity index (χ1v) is 16.6. The first-order chi connectivity index (χ1) is 21.5. The van der Waals surface area contributed by atoms with Crippen molar-refractivity contribution in [1.29, 1.82) is 0 Å². The van der Waals surface area contributed by atoms with Crippen LogP contribution in [0, 0.1) is 0 Å². The van der Waals surface area contributed by atoms with Gasteiger partial charge in [0.05, 0.1) is 0 Å². The van der Waals surface area contributed by atoms with Gasteiger partial charge in [-0.2, -0.15) is 0 Å². The van der Waals surface area contributed by atoms with Crippen LogP contribution in [0.25, 0.3) is 21.5 Å². The van der Waals surface area contributed by atoms with Gasteiger partial charge < -0.3 is 19.6 Å². The van der Waals surface area contributed by atoms with E-state index >= 15 is 0 Å². The van der Waals surface area contributed by atoms with Crippen LogP contribution in [-0.2, 0) is 10.8 Å². The van der Waals surface area contributed by atoms with Gasteiger partial charge in [-0.05, 0) is 141 Å². The minimum atomic E-state index is -0.191. The fraction of sp³-hybridized carbons (Fsp3) is 0.475. The van der Waals surface area contributed by atoms with Gasteiger partial charge in [-0.15, -0.1) is 0 Å². The molecule has 0 amide bonds. The summed E-state index contributed by atoms with van der Waals surface area (Å²) in [4.78, 5) is 14.9. The molecule has 0 aromatic heterocycles. The summed E-state index contributed by atoms with van der Waals surface area (Å²) in [5.41, 5.74) is 2.53. The third kappa shape index (κ3) is 9.01. The van der Waals surface area contributed by atoms with Crippen LogP contribution < -0.4 is 0 Å². The largest absolute Gasteiger partial charge is 0.309 e. The molecule has 0 spiro atoms. The molecule has 4 rings (SSSR count). The van der Waals surface area contributed by atoms with Gasteiger partial charge in [0, 0.05) is 23.6 Å². The summed E-state index contributed by atoms with van der Waals surface area (Å²) in [6.45, 7) is 4.79. The van der Waals surface area contributed by atoms with Gasteiger partial charge in [-0.3, -0.25) is 4.99 Å². The van der Waals surface area contributed by atoms with E-state index in [1.807, 2.05) is 0 Å². The van der Waals surface area contributed by atoms with Crippen LogP contribution in [0.15, 0.2) is 89.9 Å².